The zero-order valence-electron chi connectivity index (χ0n) is 23.2. The smallest absolute Gasteiger partial charge is 0.309 e. The van der Waals surface area contributed by atoms with Crippen molar-refractivity contribution in [1.82, 2.24) is 0 Å². The molecule has 2 saturated carbocycles. The largest absolute Gasteiger partial charge is 0.472 e. The minimum atomic E-state index is -1.14. The summed E-state index contributed by atoms with van der Waals surface area (Å²) in [6.45, 7) is 11.2. The highest BCUT2D eigenvalue weighted by molar-refractivity contribution is 5.89. The van der Waals surface area contributed by atoms with Crippen LogP contribution in [0.2, 0.25) is 0 Å². The Labute approximate surface area is 222 Å². The Morgan fingerprint density at radius 1 is 1.16 bits per heavy atom. The minimum absolute atomic E-state index is 0.0321. The third-order valence-corrected chi connectivity index (χ3v) is 10.8. The summed E-state index contributed by atoms with van der Waals surface area (Å²) in [5.74, 6) is -2.71. The first-order valence-electron chi connectivity index (χ1n) is 13.4. The average molecular weight is 531 g/mol. The molecule has 0 radical (unpaired) electrons. The third-order valence-electron chi connectivity index (χ3n) is 10.8. The first kappa shape index (κ1) is 26.9. The van der Waals surface area contributed by atoms with Crippen molar-refractivity contribution in [2.45, 2.75) is 91.1 Å². The maximum Gasteiger partial charge on any atom is 0.309 e. The Hall–Kier alpha value is -2.68. The van der Waals surface area contributed by atoms with E-state index in [1.807, 2.05) is 34.6 Å². The van der Waals surface area contributed by atoms with E-state index in [1.54, 1.807) is 12.3 Å². The molecular weight excluding hydrogens is 492 g/mol. The van der Waals surface area contributed by atoms with Gasteiger partial charge in [0.15, 0.2) is 0 Å². The van der Waals surface area contributed by atoms with E-state index in [4.69, 9.17) is 23.4 Å². The van der Waals surface area contributed by atoms with Gasteiger partial charge in [-0.05, 0) is 18.4 Å². The molecule has 1 aromatic heterocycles. The molecule has 9 atom stereocenters. The van der Waals surface area contributed by atoms with Crippen molar-refractivity contribution in [3.8, 4) is 0 Å². The number of rotatable bonds is 4. The van der Waals surface area contributed by atoms with Crippen molar-refractivity contribution in [2.75, 3.05) is 7.11 Å². The van der Waals surface area contributed by atoms with Crippen LogP contribution < -0.4 is 0 Å². The highest BCUT2D eigenvalue weighted by Crippen LogP contribution is 2.71. The molecule has 3 saturated heterocycles. The monoisotopic (exact) mass is 530 g/mol. The first-order valence-corrected chi connectivity index (χ1v) is 13.4. The lowest BCUT2D eigenvalue weighted by atomic mass is 9.44. The van der Waals surface area contributed by atoms with Crippen molar-refractivity contribution in [3.63, 3.8) is 0 Å². The van der Waals surface area contributed by atoms with Crippen LogP contribution in [0.5, 0.6) is 0 Å². The maximum absolute atomic E-state index is 14.3. The fraction of sp³-hybridized carbons (Fsp3) is 0.724. The number of hydrogen-bond donors (Lipinski definition) is 0. The van der Waals surface area contributed by atoms with Gasteiger partial charge in [-0.15, -0.1) is 0 Å². The van der Waals surface area contributed by atoms with Crippen LogP contribution in [0, 0.1) is 34.0 Å². The number of ether oxygens (including phenoxy) is 4. The van der Waals surface area contributed by atoms with Gasteiger partial charge >= 0.3 is 17.9 Å². The Bertz CT molecular complexity index is 1150. The third kappa shape index (κ3) is 3.46. The van der Waals surface area contributed by atoms with Gasteiger partial charge in [0.25, 0.3) is 0 Å². The standard InChI is InChI=1S/C29H38O9/c1-15-24(33)18-12-27(5)25(17-8-9-35-14-17)37-23(32)13-29(15,27)38-21-11-20(36-16(2)30)26(3,4)19(28(18,21)6)10-22(31)34-7/h8-9,14-15,18-21,25H,10-13H2,1-7H3. The predicted molar refractivity (Wildman–Crippen MR) is 132 cm³/mol. The molecule has 1 spiro atoms. The number of Topliss-reactive ketones (excluding diaryl/α,β-unsaturated/α-hetero) is 1. The van der Waals surface area contributed by atoms with Gasteiger partial charge in [-0.2, -0.15) is 0 Å². The Morgan fingerprint density at radius 3 is 2.47 bits per heavy atom. The Kier molecular flexibility index (Phi) is 6.13. The summed E-state index contributed by atoms with van der Waals surface area (Å²) in [5.41, 5.74) is -2.64. The summed E-state index contributed by atoms with van der Waals surface area (Å²) in [7, 11) is 1.34. The molecule has 9 unspecified atom stereocenters. The second kappa shape index (κ2) is 8.66. The van der Waals surface area contributed by atoms with Gasteiger partial charge < -0.3 is 23.4 Å². The lowest BCUT2D eigenvalue weighted by Crippen LogP contribution is -2.65. The molecule has 0 amide bonds. The van der Waals surface area contributed by atoms with E-state index in [-0.39, 0.29) is 18.6 Å². The van der Waals surface area contributed by atoms with E-state index in [2.05, 4.69) is 0 Å². The lowest BCUT2D eigenvalue weighted by molar-refractivity contribution is -0.270. The molecular formula is C29H38O9. The number of furan rings is 1. The zero-order valence-corrected chi connectivity index (χ0v) is 23.2. The summed E-state index contributed by atoms with van der Waals surface area (Å²) >= 11 is 0. The predicted octanol–water partition coefficient (Wildman–Crippen LogP) is 4.18. The lowest BCUT2D eigenvalue weighted by Gasteiger charge is -2.59. The summed E-state index contributed by atoms with van der Waals surface area (Å²) in [6.07, 6.45) is 2.08. The van der Waals surface area contributed by atoms with Crippen LogP contribution in [-0.2, 0) is 38.1 Å². The van der Waals surface area contributed by atoms with Crippen LogP contribution >= 0.6 is 0 Å². The number of esters is 3. The van der Waals surface area contributed by atoms with E-state index in [0.717, 1.165) is 0 Å². The van der Waals surface area contributed by atoms with Gasteiger partial charge in [-0.3, -0.25) is 19.2 Å². The number of methoxy groups -OCH3 is 1. The maximum atomic E-state index is 14.3. The first-order chi connectivity index (χ1) is 17.7. The van der Waals surface area contributed by atoms with Crippen LogP contribution in [0.15, 0.2) is 23.0 Å². The summed E-state index contributed by atoms with van der Waals surface area (Å²) < 4.78 is 29.4. The van der Waals surface area contributed by atoms with Crippen LogP contribution in [0.1, 0.15) is 78.9 Å². The summed E-state index contributed by atoms with van der Waals surface area (Å²) in [6, 6.07) is 1.78. The van der Waals surface area contributed by atoms with Crippen LogP contribution in [0.25, 0.3) is 0 Å². The number of carbonyl (C=O) groups excluding carboxylic acids is 4. The van der Waals surface area contributed by atoms with Crippen molar-refractivity contribution < 1.29 is 42.5 Å². The molecule has 9 heteroatoms. The van der Waals surface area contributed by atoms with Gasteiger partial charge in [0.1, 0.15) is 18.0 Å². The average Bonchev–Trinajstić information content (AvgIpc) is 3.34. The van der Waals surface area contributed by atoms with Crippen molar-refractivity contribution >= 4 is 23.7 Å². The molecule has 2 bridgehead atoms. The normalized spacial score (nSPS) is 43.3. The molecule has 1 aromatic rings. The highest BCUT2D eigenvalue weighted by Gasteiger charge is 2.76. The van der Waals surface area contributed by atoms with E-state index >= 15 is 0 Å². The topological polar surface area (TPSA) is 118 Å². The molecule has 208 valence electrons. The SMILES string of the molecule is COC(=O)CC1C(C)(C)C(OC(C)=O)CC2OC34CC(=O)OC(c5ccoc5)C3(C)CC(C(=O)C4C)C21C. The minimum Gasteiger partial charge on any atom is -0.472 e. The van der Waals surface area contributed by atoms with Crippen molar-refractivity contribution in [1.29, 1.82) is 0 Å². The zero-order chi connectivity index (χ0) is 27.8. The molecule has 0 N–H and O–H groups in total. The molecule has 2 aliphatic carbocycles. The molecule has 3 aliphatic heterocycles. The van der Waals surface area contributed by atoms with Gasteiger partial charge in [0, 0.05) is 53.4 Å². The van der Waals surface area contributed by atoms with Gasteiger partial charge in [0.05, 0.1) is 37.8 Å². The number of cyclic esters (lactones) is 1. The summed E-state index contributed by atoms with van der Waals surface area (Å²) in [5, 5.41) is 0. The van der Waals surface area contributed by atoms with Gasteiger partial charge in [0.2, 0.25) is 0 Å². The second-order valence-electron chi connectivity index (χ2n) is 12.8. The Morgan fingerprint density at radius 2 is 1.87 bits per heavy atom. The molecule has 38 heavy (non-hydrogen) atoms. The summed E-state index contributed by atoms with van der Waals surface area (Å²) in [4.78, 5) is 52.4. The Balaban J connectivity index is 1.72. The quantitative estimate of drug-likeness (QED) is 0.417. The highest BCUT2D eigenvalue weighted by atomic mass is 16.6. The number of hydrogen-bond acceptors (Lipinski definition) is 9. The van der Waals surface area contributed by atoms with E-state index in [1.165, 1.54) is 20.3 Å². The fourth-order valence-electron chi connectivity index (χ4n) is 8.62. The molecule has 0 aromatic carbocycles. The number of fused-ring (bicyclic) bond motifs is 1. The van der Waals surface area contributed by atoms with Crippen molar-refractivity contribution in [3.05, 3.63) is 24.2 Å². The second-order valence-corrected chi connectivity index (χ2v) is 12.8. The van der Waals surface area contributed by atoms with Gasteiger partial charge in [-0.25, -0.2) is 0 Å². The van der Waals surface area contributed by atoms with Crippen molar-refractivity contribution in [2.24, 2.45) is 34.0 Å². The fourth-order valence-corrected chi connectivity index (χ4v) is 8.62. The van der Waals surface area contributed by atoms with Crippen LogP contribution in [-0.4, -0.2) is 48.6 Å². The molecule has 4 heterocycles. The number of carbonyl (C=O) groups is 4. The van der Waals surface area contributed by atoms with Crippen LogP contribution in [0.3, 0.4) is 0 Å². The van der Waals surface area contributed by atoms with Crippen LogP contribution in [0.4, 0.5) is 0 Å². The van der Waals surface area contributed by atoms with E-state index in [9.17, 15) is 19.2 Å². The van der Waals surface area contributed by atoms with E-state index in [0.29, 0.717) is 18.4 Å². The van der Waals surface area contributed by atoms with Gasteiger partial charge in [-0.1, -0.05) is 34.6 Å². The molecule has 5 fully saturated rings. The molecule has 5 aliphatic rings. The van der Waals surface area contributed by atoms with E-state index < -0.39 is 75.8 Å². The molecule has 6 rings (SSSR count). The number of ketones is 1. The molecule has 9 nitrogen and oxygen atoms in total.